The van der Waals surface area contributed by atoms with Crippen LogP contribution in [0.25, 0.3) is 0 Å². The van der Waals surface area contributed by atoms with Crippen molar-refractivity contribution in [1.29, 1.82) is 0 Å². The Hall–Kier alpha value is -3.12. The molecule has 0 radical (unpaired) electrons. The van der Waals surface area contributed by atoms with Gasteiger partial charge in [0.15, 0.2) is 23.3 Å². The lowest BCUT2D eigenvalue weighted by molar-refractivity contribution is -0.143. The number of benzene rings is 1. The van der Waals surface area contributed by atoms with E-state index in [1.54, 1.807) is 0 Å². The molecule has 27 heavy (non-hydrogen) atoms. The molecule has 0 aliphatic rings. The first-order valence-electron chi connectivity index (χ1n) is 6.87. The number of aromatic carboxylic acids is 1. The van der Waals surface area contributed by atoms with E-state index < -0.39 is 58.6 Å². The van der Waals surface area contributed by atoms with Gasteiger partial charge in [-0.2, -0.15) is 18.3 Å². The van der Waals surface area contributed by atoms with E-state index in [-0.39, 0.29) is 5.56 Å². The van der Waals surface area contributed by atoms with E-state index in [0.29, 0.717) is 0 Å². The van der Waals surface area contributed by atoms with E-state index >= 15 is 0 Å². The zero-order valence-corrected chi connectivity index (χ0v) is 13.0. The molecule has 0 bridgehead atoms. The number of carbonyl (C=O) groups excluding carboxylic acids is 1. The SMILES string of the molecule is CC(C(=O)Nc1c(F)c(F)c(C(F)(F)F)c(F)c1F)n1cc(C(=O)O)cn1. The average molecular weight is 399 g/mol. The summed E-state index contributed by atoms with van der Waals surface area (Å²) in [6.07, 6.45) is -3.98. The Morgan fingerprint density at radius 3 is 2.04 bits per heavy atom. The van der Waals surface area contributed by atoms with Gasteiger partial charge in [-0.15, -0.1) is 0 Å². The standard InChI is InChI=1S/C14H8F7N3O3/c1-4(24-3-5(2-22-24)13(26)27)12(25)23-11-9(17)7(15)6(14(19,20)21)8(16)10(11)18/h2-4H,1H3,(H,23,25)(H,26,27). The second-order valence-electron chi connectivity index (χ2n) is 5.18. The molecule has 1 aromatic heterocycles. The first kappa shape index (κ1) is 20.2. The van der Waals surface area contributed by atoms with Crippen LogP contribution in [0.5, 0.6) is 0 Å². The zero-order valence-electron chi connectivity index (χ0n) is 13.0. The van der Waals surface area contributed by atoms with Crippen molar-refractivity contribution in [1.82, 2.24) is 9.78 Å². The number of aromatic nitrogens is 2. The lowest BCUT2D eigenvalue weighted by Crippen LogP contribution is -2.26. The number of hydrogen-bond acceptors (Lipinski definition) is 3. The highest BCUT2D eigenvalue weighted by Gasteiger charge is 2.42. The van der Waals surface area contributed by atoms with Crippen LogP contribution in [0.1, 0.15) is 28.9 Å². The molecule has 1 atom stereocenters. The number of nitrogens with zero attached hydrogens (tertiary/aromatic N) is 2. The molecule has 13 heteroatoms. The molecule has 1 amide bonds. The van der Waals surface area contributed by atoms with E-state index in [9.17, 15) is 40.3 Å². The van der Waals surface area contributed by atoms with Gasteiger partial charge in [0.25, 0.3) is 0 Å². The third kappa shape index (κ3) is 3.71. The zero-order chi connectivity index (χ0) is 20.7. The minimum atomic E-state index is -5.71. The average Bonchev–Trinajstić information content (AvgIpc) is 3.05. The molecule has 146 valence electrons. The summed E-state index contributed by atoms with van der Waals surface area (Å²) in [4.78, 5) is 22.7. The van der Waals surface area contributed by atoms with E-state index in [2.05, 4.69) is 5.10 Å². The van der Waals surface area contributed by atoms with Gasteiger partial charge in [-0.05, 0) is 6.92 Å². The summed E-state index contributed by atoms with van der Waals surface area (Å²) in [5.74, 6) is -13.1. The number of alkyl halides is 3. The van der Waals surface area contributed by atoms with Gasteiger partial charge in [0.2, 0.25) is 5.91 Å². The summed E-state index contributed by atoms with van der Waals surface area (Å²) in [6, 6.07) is -1.43. The fourth-order valence-corrected chi connectivity index (χ4v) is 2.00. The molecule has 2 N–H and O–H groups in total. The predicted molar refractivity (Wildman–Crippen MR) is 73.8 cm³/mol. The predicted octanol–water partition coefficient (Wildman–Crippen LogP) is 3.36. The summed E-state index contributed by atoms with van der Waals surface area (Å²) in [6.45, 7) is 1.08. The fraction of sp³-hybridized carbons (Fsp3) is 0.214. The maximum Gasteiger partial charge on any atom is 0.422 e. The van der Waals surface area contributed by atoms with Gasteiger partial charge < -0.3 is 10.4 Å². The molecule has 1 aromatic carbocycles. The Morgan fingerprint density at radius 2 is 1.63 bits per heavy atom. The second kappa shape index (κ2) is 6.89. The summed E-state index contributed by atoms with van der Waals surface area (Å²) in [7, 11) is 0. The Labute approximate surface area is 145 Å². The summed E-state index contributed by atoms with van der Waals surface area (Å²) in [5, 5.41) is 13.7. The first-order chi connectivity index (χ1) is 12.4. The molecule has 0 aliphatic heterocycles. The lowest BCUT2D eigenvalue weighted by Gasteiger charge is -2.16. The van der Waals surface area contributed by atoms with Crippen molar-refractivity contribution in [2.75, 3.05) is 5.32 Å². The molecule has 0 aliphatic carbocycles. The summed E-state index contributed by atoms with van der Waals surface area (Å²) in [5.41, 5.74) is -4.87. The Balaban J connectivity index is 2.39. The van der Waals surface area contributed by atoms with Gasteiger partial charge in [0.1, 0.15) is 17.3 Å². The van der Waals surface area contributed by atoms with E-state index in [0.717, 1.165) is 24.0 Å². The second-order valence-corrected chi connectivity index (χ2v) is 5.18. The first-order valence-corrected chi connectivity index (χ1v) is 6.87. The highest BCUT2D eigenvalue weighted by atomic mass is 19.4. The van der Waals surface area contributed by atoms with E-state index in [1.165, 1.54) is 5.32 Å². The van der Waals surface area contributed by atoms with Crippen molar-refractivity contribution in [2.24, 2.45) is 0 Å². The molecule has 2 aromatic rings. The number of carboxylic acid groups (broad SMARTS) is 1. The third-order valence-electron chi connectivity index (χ3n) is 3.42. The normalized spacial score (nSPS) is 12.7. The minimum absolute atomic E-state index is 0.335. The van der Waals surface area contributed by atoms with Gasteiger partial charge in [-0.25, -0.2) is 22.4 Å². The maximum absolute atomic E-state index is 13.8. The molecule has 2 rings (SSSR count). The fourth-order valence-electron chi connectivity index (χ4n) is 2.00. The minimum Gasteiger partial charge on any atom is -0.478 e. The molecule has 6 nitrogen and oxygen atoms in total. The number of carboxylic acids is 1. The van der Waals surface area contributed by atoms with Crippen LogP contribution in [-0.4, -0.2) is 26.8 Å². The monoisotopic (exact) mass is 399 g/mol. The molecule has 0 saturated carbocycles. The number of halogens is 7. The Morgan fingerprint density at radius 1 is 1.11 bits per heavy atom. The number of nitrogens with one attached hydrogen (secondary N) is 1. The van der Waals surface area contributed by atoms with Gasteiger partial charge in [-0.1, -0.05) is 0 Å². The van der Waals surface area contributed by atoms with Crippen molar-refractivity contribution in [3.8, 4) is 0 Å². The molecule has 1 unspecified atom stereocenters. The lowest BCUT2D eigenvalue weighted by atomic mass is 10.1. The number of carbonyl (C=O) groups is 2. The quantitative estimate of drug-likeness (QED) is 0.610. The van der Waals surface area contributed by atoms with Gasteiger partial charge >= 0.3 is 12.1 Å². The molecular formula is C14H8F7N3O3. The van der Waals surface area contributed by atoms with Crippen LogP contribution in [0.2, 0.25) is 0 Å². The molecular weight excluding hydrogens is 391 g/mol. The maximum atomic E-state index is 13.8. The Bertz CT molecular complexity index is 894. The molecule has 0 fully saturated rings. The van der Waals surface area contributed by atoms with Crippen LogP contribution in [-0.2, 0) is 11.0 Å². The van der Waals surface area contributed by atoms with Crippen LogP contribution in [0.15, 0.2) is 12.4 Å². The largest absolute Gasteiger partial charge is 0.478 e. The van der Waals surface area contributed by atoms with Crippen LogP contribution >= 0.6 is 0 Å². The van der Waals surface area contributed by atoms with Crippen molar-refractivity contribution in [3.05, 3.63) is 46.8 Å². The van der Waals surface area contributed by atoms with Crippen LogP contribution < -0.4 is 5.32 Å². The summed E-state index contributed by atoms with van der Waals surface area (Å²) < 4.78 is 92.9. The van der Waals surface area contributed by atoms with Crippen LogP contribution in [0.3, 0.4) is 0 Å². The number of amides is 1. The highest BCUT2D eigenvalue weighted by Crippen LogP contribution is 2.38. The topological polar surface area (TPSA) is 84.2 Å². The highest BCUT2D eigenvalue weighted by molar-refractivity contribution is 5.94. The molecule has 1 heterocycles. The number of hydrogen-bond donors (Lipinski definition) is 2. The smallest absolute Gasteiger partial charge is 0.422 e. The van der Waals surface area contributed by atoms with Crippen LogP contribution in [0.4, 0.5) is 36.4 Å². The van der Waals surface area contributed by atoms with E-state index in [1.807, 2.05) is 0 Å². The molecule has 0 spiro atoms. The third-order valence-corrected chi connectivity index (χ3v) is 3.42. The van der Waals surface area contributed by atoms with Crippen LogP contribution in [0, 0.1) is 23.3 Å². The number of rotatable bonds is 4. The van der Waals surface area contributed by atoms with Gasteiger partial charge in [-0.3, -0.25) is 9.48 Å². The van der Waals surface area contributed by atoms with Gasteiger partial charge in [0.05, 0.1) is 11.8 Å². The Kier molecular flexibility index (Phi) is 5.15. The van der Waals surface area contributed by atoms with E-state index in [4.69, 9.17) is 5.11 Å². The molecule has 0 saturated heterocycles. The van der Waals surface area contributed by atoms with Crippen molar-refractivity contribution < 1.29 is 45.4 Å². The van der Waals surface area contributed by atoms with Crippen molar-refractivity contribution in [2.45, 2.75) is 19.1 Å². The van der Waals surface area contributed by atoms with Crippen molar-refractivity contribution in [3.63, 3.8) is 0 Å². The van der Waals surface area contributed by atoms with Crippen molar-refractivity contribution >= 4 is 17.6 Å². The summed E-state index contributed by atoms with van der Waals surface area (Å²) >= 11 is 0. The van der Waals surface area contributed by atoms with Gasteiger partial charge in [0, 0.05) is 6.20 Å². The number of anilines is 1.